The van der Waals surface area contributed by atoms with Gasteiger partial charge in [0.1, 0.15) is 5.65 Å². The van der Waals surface area contributed by atoms with E-state index in [4.69, 9.17) is 5.84 Å². The summed E-state index contributed by atoms with van der Waals surface area (Å²) in [4.78, 5) is 4.24. The molecule has 0 spiro atoms. The number of fused-ring (bicyclic) bond motifs is 1. The molecule has 1 atom stereocenters. The van der Waals surface area contributed by atoms with E-state index in [1.807, 2.05) is 13.0 Å². The lowest BCUT2D eigenvalue weighted by atomic mass is 10.1. The van der Waals surface area contributed by atoms with Crippen molar-refractivity contribution in [2.24, 2.45) is 5.84 Å². The van der Waals surface area contributed by atoms with E-state index in [0.717, 1.165) is 19.3 Å². The molecule has 1 aliphatic rings. The number of aromatic nitrogens is 2. The number of nitrogens with zero attached hydrogens (tertiary/aromatic N) is 3. The number of nitrogen functional groups attached to an aromatic ring is 1. The maximum absolute atomic E-state index is 13.0. The van der Waals surface area contributed by atoms with Gasteiger partial charge in [0, 0.05) is 18.8 Å². The number of hydrazine groups is 1. The Kier molecular flexibility index (Phi) is 3.60. The number of nitrogens with one attached hydrogen (secondary N) is 1. The highest BCUT2D eigenvalue weighted by molar-refractivity contribution is 7.89. The standard InChI is InChI=1S/C13H19N5O2S/c1-10-6-2-5-9-18(10)21(19,20)13-12(16-14)15-11-7-3-4-8-17(11)13/h3-4,7-8,10,16H,2,5-6,9,14H2,1H3. The van der Waals surface area contributed by atoms with E-state index in [0.29, 0.717) is 12.2 Å². The first-order chi connectivity index (χ1) is 10.1. The van der Waals surface area contributed by atoms with Crippen LogP contribution in [0, 0.1) is 0 Å². The molecule has 2 aromatic heterocycles. The molecule has 0 bridgehead atoms. The van der Waals surface area contributed by atoms with Crippen molar-refractivity contribution in [1.29, 1.82) is 0 Å². The van der Waals surface area contributed by atoms with E-state index in [1.165, 1.54) is 0 Å². The maximum atomic E-state index is 13.0. The molecule has 1 saturated heterocycles. The van der Waals surface area contributed by atoms with Crippen LogP contribution in [-0.4, -0.2) is 34.7 Å². The van der Waals surface area contributed by atoms with Crippen LogP contribution in [0.25, 0.3) is 5.65 Å². The second-order valence-electron chi connectivity index (χ2n) is 5.30. The predicted molar refractivity (Wildman–Crippen MR) is 80.2 cm³/mol. The fourth-order valence-electron chi connectivity index (χ4n) is 2.85. The van der Waals surface area contributed by atoms with Crippen LogP contribution >= 0.6 is 0 Å². The minimum Gasteiger partial charge on any atom is -0.306 e. The van der Waals surface area contributed by atoms with Crippen molar-refractivity contribution in [3.05, 3.63) is 24.4 Å². The second kappa shape index (κ2) is 5.28. The van der Waals surface area contributed by atoms with E-state index in [-0.39, 0.29) is 16.9 Å². The van der Waals surface area contributed by atoms with Crippen molar-refractivity contribution in [2.75, 3.05) is 12.0 Å². The number of sulfonamides is 1. The Morgan fingerprint density at radius 1 is 1.38 bits per heavy atom. The van der Waals surface area contributed by atoms with Crippen molar-refractivity contribution in [3.8, 4) is 0 Å². The largest absolute Gasteiger partial charge is 0.306 e. The van der Waals surface area contributed by atoms with Crippen LogP contribution in [0.5, 0.6) is 0 Å². The van der Waals surface area contributed by atoms with Crippen LogP contribution in [0.3, 0.4) is 0 Å². The smallest absolute Gasteiger partial charge is 0.263 e. The summed E-state index contributed by atoms with van der Waals surface area (Å²) >= 11 is 0. The Morgan fingerprint density at radius 3 is 2.90 bits per heavy atom. The molecule has 3 N–H and O–H groups in total. The van der Waals surface area contributed by atoms with Crippen molar-refractivity contribution < 1.29 is 8.42 Å². The molecule has 8 heteroatoms. The van der Waals surface area contributed by atoms with Crippen molar-refractivity contribution in [2.45, 2.75) is 37.3 Å². The molecule has 3 rings (SSSR count). The number of imidazole rings is 1. The molecule has 3 heterocycles. The molecule has 114 valence electrons. The fourth-order valence-corrected chi connectivity index (χ4v) is 4.78. The maximum Gasteiger partial charge on any atom is 0.263 e. The zero-order valence-corrected chi connectivity index (χ0v) is 12.7. The minimum atomic E-state index is -3.65. The molecule has 0 radical (unpaired) electrons. The summed E-state index contributed by atoms with van der Waals surface area (Å²) in [5.74, 6) is 5.65. The van der Waals surface area contributed by atoms with E-state index < -0.39 is 10.0 Å². The summed E-state index contributed by atoms with van der Waals surface area (Å²) in [6, 6.07) is 5.32. The highest BCUT2D eigenvalue weighted by Gasteiger charge is 2.35. The van der Waals surface area contributed by atoms with Crippen LogP contribution in [0.4, 0.5) is 5.82 Å². The molecular weight excluding hydrogens is 290 g/mol. The van der Waals surface area contributed by atoms with Gasteiger partial charge in [-0.15, -0.1) is 0 Å². The predicted octanol–water partition coefficient (Wildman–Crippen LogP) is 1.18. The molecule has 21 heavy (non-hydrogen) atoms. The summed E-state index contributed by atoms with van der Waals surface area (Å²) < 4.78 is 29.2. The van der Waals surface area contributed by atoms with Gasteiger partial charge in [-0.2, -0.15) is 4.31 Å². The molecule has 2 aromatic rings. The molecule has 1 aliphatic heterocycles. The third-order valence-corrected chi connectivity index (χ3v) is 5.96. The SMILES string of the molecule is CC1CCCCN1S(=O)(=O)c1c(NN)nc2ccccn12. The molecule has 0 amide bonds. The Morgan fingerprint density at radius 2 is 2.19 bits per heavy atom. The number of hydrogen-bond donors (Lipinski definition) is 2. The minimum absolute atomic E-state index is 0.0105. The fraction of sp³-hybridized carbons (Fsp3) is 0.462. The Labute approximate surface area is 123 Å². The number of hydrogen-bond acceptors (Lipinski definition) is 5. The highest BCUT2D eigenvalue weighted by Crippen LogP contribution is 2.29. The average molecular weight is 309 g/mol. The lowest BCUT2D eigenvalue weighted by Crippen LogP contribution is -2.42. The number of piperidine rings is 1. The van der Waals surface area contributed by atoms with Gasteiger partial charge in [-0.25, -0.2) is 19.2 Å². The monoisotopic (exact) mass is 309 g/mol. The van der Waals surface area contributed by atoms with Gasteiger partial charge in [0.15, 0.2) is 5.82 Å². The van der Waals surface area contributed by atoms with E-state index >= 15 is 0 Å². The average Bonchev–Trinajstić information content (AvgIpc) is 2.86. The zero-order chi connectivity index (χ0) is 15.0. The van der Waals surface area contributed by atoms with Gasteiger partial charge < -0.3 is 5.43 Å². The van der Waals surface area contributed by atoms with Crippen LogP contribution in [0.2, 0.25) is 0 Å². The Hall–Kier alpha value is -1.64. The third-order valence-electron chi connectivity index (χ3n) is 3.92. The number of pyridine rings is 1. The second-order valence-corrected chi connectivity index (χ2v) is 7.11. The van der Waals surface area contributed by atoms with Crippen molar-refractivity contribution in [3.63, 3.8) is 0 Å². The summed E-state index contributed by atoms with van der Waals surface area (Å²) in [6.45, 7) is 2.48. The van der Waals surface area contributed by atoms with Gasteiger partial charge in [-0.1, -0.05) is 12.5 Å². The normalized spacial score (nSPS) is 20.8. The number of rotatable bonds is 3. The topological polar surface area (TPSA) is 92.7 Å². The van der Waals surface area contributed by atoms with Crippen molar-refractivity contribution in [1.82, 2.24) is 13.7 Å². The summed E-state index contributed by atoms with van der Waals surface area (Å²) in [5.41, 5.74) is 2.96. The van der Waals surface area contributed by atoms with E-state index in [1.54, 1.807) is 27.0 Å². The van der Waals surface area contributed by atoms with Crippen LogP contribution in [0.1, 0.15) is 26.2 Å². The molecule has 0 aromatic carbocycles. The van der Waals surface area contributed by atoms with Gasteiger partial charge in [-0.3, -0.25) is 4.40 Å². The Balaban J connectivity index is 2.18. The molecule has 1 unspecified atom stereocenters. The molecule has 7 nitrogen and oxygen atoms in total. The van der Waals surface area contributed by atoms with Crippen LogP contribution in [0.15, 0.2) is 29.4 Å². The Bertz CT molecular complexity index is 755. The molecule has 0 saturated carbocycles. The first-order valence-corrected chi connectivity index (χ1v) is 8.45. The third kappa shape index (κ3) is 2.29. The first-order valence-electron chi connectivity index (χ1n) is 7.01. The molecule has 0 aliphatic carbocycles. The summed E-state index contributed by atoms with van der Waals surface area (Å²) in [7, 11) is -3.65. The van der Waals surface area contributed by atoms with Crippen LogP contribution < -0.4 is 11.3 Å². The van der Waals surface area contributed by atoms with Crippen LogP contribution in [-0.2, 0) is 10.0 Å². The van der Waals surface area contributed by atoms with Gasteiger partial charge in [-0.05, 0) is 31.9 Å². The van der Waals surface area contributed by atoms with E-state index in [2.05, 4.69) is 10.4 Å². The van der Waals surface area contributed by atoms with Gasteiger partial charge in [0.25, 0.3) is 10.0 Å². The number of anilines is 1. The van der Waals surface area contributed by atoms with Gasteiger partial charge >= 0.3 is 0 Å². The highest BCUT2D eigenvalue weighted by atomic mass is 32.2. The zero-order valence-electron chi connectivity index (χ0n) is 11.9. The first kappa shape index (κ1) is 14.3. The summed E-state index contributed by atoms with van der Waals surface area (Å²) in [5, 5.41) is 0.106. The molecular formula is C13H19N5O2S. The summed E-state index contributed by atoms with van der Waals surface area (Å²) in [6.07, 6.45) is 4.50. The van der Waals surface area contributed by atoms with E-state index in [9.17, 15) is 8.42 Å². The van der Waals surface area contributed by atoms with Crippen molar-refractivity contribution >= 4 is 21.5 Å². The number of nitrogens with two attached hydrogens (primary N) is 1. The lowest BCUT2D eigenvalue weighted by Gasteiger charge is -2.32. The lowest BCUT2D eigenvalue weighted by molar-refractivity contribution is 0.268. The molecule has 1 fully saturated rings. The van der Waals surface area contributed by atoms with Gasteiger partial charge in [0.05, 0.1) is 0 Å². The van der Waals surface area contributed by atoms with Gasteiger partial charge in [0.2, 0.25) is 5.03 Å². The quantitative estimate of drug-likeness (QED) is 0.656.